The lowest BCUT2D eigenvalue weighted by atomic mass is 9.75. The van der Waals surface area contributed by atoms with Crippen molar-refractivity contribution in [2.45, 2.75) is 25.7 Å². The van der Waals surface area contributed by atoms with Crippen LogP contribution in [0.5, 0.6) is 0 Å². The van der Waals surface area contributed by atoms with Gasteiger partial charge in [0.15, 0.2) is 0 Å². The van der Waals surface area contributed by atoms with Crippen molar-refractivity contribution in [2.75, 3.05) is 5.32 Å². The van der Waals surface area contributed by atoms with Crippen molar-refractivity contribution in [2.24, 2.45) is 5.92 Å². The van der Waals surface area contributed by atoms with Crippen LogP contribution in [0, 0.1) is 5.92 Å². The number of carbonyl (C=O) groups is 1. The number of rotatable bonds is 3. The molecule has 2 unspecified atom stereocenters. The van der Waals surface area contributed by atoms with E-state index < -0.39 is 0 Å². The molecule has 2 aromatic carbocycles. The van der Waals surface area contributed by atoms with Gasteiger partial charge in [0.1, 0.15) is 0 Å². The van der Waals surface area contributed by atoms with Crippen molar-refractivity contribution in [1.29, 1.82) is 0 Å². The molecule has 2 nitrogen and oxygen atoms in total. The predicted octanol–water partition coefficient (Wildman–Crippen LogP) is 6.29. The Labute approximate surface area is 159 Å². The van der Waals surface area contributed by atoms with Crippen LogP contribution in [0.3, 0.4) is 0 Å². The first-order chi connectivity index (χ1) is 11.5. The summed E-state index contributed by atoms with van der Waals surface area (Å²) in [5, 5.41) is 3.07. The van der Waals surface area contributed by atoms with Gasteiger partial charge in [-0.25, -0.2) is 0 Å². The minimum Gasteiger partial charge on any atom is -0.326 e. The van der Waals surface area contributed by atoms with Crippen LogP contribution >= 0.6 is 31.9 Å². The third kappa shape index (κ3) is 4.17. The molecule has 0 aliphatic heterocycles. The summed E-state index contributed by atoms with van der Waals surface area (Å²) in [6.45, 7) is 2.15. The lowest BCUT2D eigenvalue weighted by Gasteiger charge is -2.30. The van der Waals surface area contributed by atoms with E-state index in [9.17, 15) is 4.79 Å². The van der Waals surface area contributed by atoms with Gasteiger partial charge in [0.2, 0.25) is 5.91 Å². The fourth-order valence-corrected chi connectivity index (χ4v) is 3.71. The highest BCUT2D eigenvalue weighted by Gasteiger charge is 2.31. The van der Waals surface area contributed by atoms with Crippen LogP contribution in [0.25, 0.3) is 0 Å². The summed E-state index contributed by atoms with van der Waals surface area (Å²) in [7, 11) is 0. The molecule has 2 aromatic rings. The maximum absolute atomic E-state index is 12.8. The smallest absolute Gasteiger partial charge is 0.228 e. The molecule has 0 radical (unpaired) electrons. The molecule has 0 spiro atoms. The van der Waals surface area contributed by atoms with Gasteiger partial charge in [-0.15, -0.1) is 0 Å². The topological polar surface area (TPSA) is 29.1 Å². The molecule has 0 saturated carbocycles. The van der Waals surface area contributed by atoms with Crippen LogP contribution in [0.4, 0.5) is 5.69 Å². The molecule has 1 aliphatic carbocycles. The lowest BCUT2D eigenvalue weighted by molar-refractivity contribution is -0.120. The minimum atomic E-state index is -0.0430. The van der Waals surface area contributed by atoms with E-state index in [-0.39, 0.29) is 17.7 Å². The number of hydrogen-bond acceptors (Lipinski definition) is 1. The molecular formula is C20H19Br2NO. The van der Waals surface area contributed by atoms with Gasteiger partial charge in [0.25, 0.3) is 0 Å². The maximum atomic E-state index is 12.8. The van der Waals surface area contributed by atoms with Gasteiger partial charge in [0.05, 0.1) is 0 Å². The van der Waals surface area contributed by atoms with E-state index in [4.69, 9.17) is 0 Å². The van der Waals surface area contributed by atoms with Gasteiger partial charge in [-0.1, -0.05) is 55.6 Å². The SMILES string of the molecule is CC1=CCC(C(=O)Nc2ccc(Br)cc2)C(c2ccc(Br)cc2)C1. The standard InChI is InChI=1S/C20H19Br2NO/c1-13-2-11-18(19(12-13)14-3-5-15(21)6-4-14)20(24)23-17-9-7-16(22)8-10-17/h2-10,18-19H,11-12H2,1H3,(H,23,24). The Kier molecular flexibility index (Phi) is 5.57. The Morgan fingerprint density at radius 2 is 1.58 bits per heavy atom. The zero-order chi connectivity index (χ0) is 17.1. The monoisotopic (exact) mass is 447 g/mol. The van der Waals surface area contributed by atoms with Gasteiger partial charge in [-0.2, -0.15) is 0 Å². The van der Waals surface area contributed by atoms with E-state index >= 15 is 0 Å². The number of nitrogens with one attached hydrogen (secondary N) is 1. The molecule has 4 heteroatoms. The van der Waals surface area contributed by atoms with Crippen molar-refractivity contribution in [3.8, 4) is 0 Å². The largest absolute Gasteiger partial charge is 0.326 e. The van der Waals surface area contributed by atoms with Crippen molar-refractivity contribution in [3.63, 3.8) is 0 Å². The second-order valence-electron chi connectivity index (χ2n) is 6.25. The molecule has 3 rings (SSSR count). The van der Waals surface area contributed by atoms with Crippen LogP contribution in [-0.4, -0.2) is 5.91 Å². The Morgan fingerprint density at radius 1 is 1.00 bits per heavy atom. The molecule has 2 atom stereocenters. The molecule has 0 saturated heterocycles. The second-order valence-corrected chi connectivity index (χ2v) is 8.08. The van der Waals surface area contributed by atoms with E-state index in [1.165, 1.54) is 11.1 Å². The van der Waals surface area contributed by atoms with E-state index in [0.29, 0.717) is 0 Å². The summed E-state index contributed by atoms with van der Waals surface area (Å²) in [6, 6.07) is 16.0. The average molecular weight is 449 g/mol. The first kappa shape index (κ1) is 17.4. The van der Waals surface area contributed by atoms with Crippen LogP contribution in [0.2, 0.25) is 0 Å². The molecule has 0 bridgehead atoms. The first-order valence-electron chi connectivity index (χ1n) is 8.00. The fraction of sp³-hybridized carbons (Fsp3) is 0.250. The summed E-state index contributed by atoms with van der Waals surface area (Å²) in [6.07, 6.45) is 3.91. The van der Waals surface area contributed by atoms with Gasteiger partial charge in [0, 0.05) is 20.6 Å². The summed E-state index contributed by atoms with van der Waals surface area (Å²) in [5.41, 5.74) is 3.42. The number of carbonyl (C=O) groups excluding carboxylic acids is 1. The lowest BCUT2D eigenvalue weighted by Crippen LogP contribution is -2.30. The van der Waals surface area contributed by atoms with Crippen molar-refractivity contribution in [1.82, 2.24) is 0 Å². The average Bonchev–Trinajstić information content (AvgIpc) is 2.57. The molecule has 0 fully saturated rings. The molecular weight excluding hydrogens is 430 g/mol. The Hall–Kier alpha value is -1.39. The summed E-state index contributed by atoms with van der Waals surface area (Å²) >= 11 is 6.90. The molecule has 24 heavy (non-hydrogen) atoms. The van der Waals surface area contributed by atoms with Gasteiger partial charge < -0.3 is 5.32 Å². The van der Waals surface area contributed by atoms with Crippen LogP contribution in [-0.2, 0) is 4.79 Å². The Balaban J connectivity index is 1.81. The van der Waals surface area contributed by atoms with Crippen molar-refractivity contribution < 1.29 is 4.79 Å². The van der Waals surface area contributed by atoms with Gasteiger partial charge in [-0.3, -0.25) is 4.79 Å². The van der Waals surface area contributed by atoms with E-state index in [0.717, 1.165) is 27.5 Å². The van der Waals surface area contributed by atoms with E-state index in [1.54, 1.807) is 0 Å². The van der Waals surface area contributed by atoms with E-state index in [1.807, 2.05) is 36.4 Å². The number of amides is 1. The third-order valence-electron chi connectivity index (χ3n) is 4.49. The highest BCUT2D eigenvalue weighted by molar-refractivity contribution is 9.10. The maximum Gasteiger partial charge on any atom is 0.228 e. The molecule has 1 amide bonds. The van der Waals surface area contributed by atoms with Gasteiger partial charge in [-0.05, 0) is 67.6 Å². The number of halogens is 2. The van der Waals surface area contributed by atoms with Crippen LogP contribution in [0.1, 0.15) is 31.2 Å². The number of allylic oxidation sites excluding steroid dienone is 2. The third-order valence-corrected chi connectivity index (χ3v) is 5.55. The normalized spacial score (nSPS) is 20.4. The zero-order valence-electron chi connectivity index (χ0n) is 13.4. The quantitative estimate of drug-likeness (QED) is 0.549. The van der Waals surface area contributed by atoms with E-state index in [2.05, 4.69) is 62.3 Å². The fourth-order valence-electron chi connectivity index (χ4n) is 3.18. The Morgan fingerprint density at radius 3 is 2.21 bits per heavy atom. The molecule has 0 aromatic heterocycles. The number of benzene rings is 2. The van der Waals surface area contributed by atoms with Crippen LogP contribution in [0.15, 0.2) is 69.1 Å². The summed E-state index contributed by atoms with van der Waals surface area (Å²) in [4.78, 5) is 12.8. The van der Waals surface area contributed by atoms with Crippen molar-refractivity contribution >= 4 is 43.5 Å². The van der Waals surface area contributed by atoms with Gasteiger partial charge >= 0.3 is 0 Å². The highest BCUT2D eigenvalue weighted by atomic mass is 79.9. The first-order valence-corrected chi connectivity index (χ1v) is 9.59. The molecule has 0 heterocycles. The predicted molar refractivity (Wildman–Crippen MR) is 106 cm³/mol. The molecule has 1 aliphatic rings. The number of hydrogen-bond donors (Lipinski definition) is 1. The summed E-state index contributed by atoms with van der Waals surface area (Å²) in [5.74, 6) is 0.270. The van der Waals surface area contributed by atoms with Crippen molar-refractivity contribution in [3.05, 3.63) is 74.7 Å². The number of anilines is 1. The minimum absolute atomic E-state index is 0.0430. The molecule has 1 N–H and O–H groups in total. The summed E-state index contributed by atoms with van der Waals surface area (Å²) < 4.78 is 2.06. The van der Waals surface area contributed by atoms with Crippen LogP contribution < -0.4 is 5.32 Å². The zero-order valence-corrected chi connectivity index (χ0v) is 16.6. The molecule has 124 valence electrons. The Bertz CT molecular complexity index is 750. The second kappa shape index (κ2) is 7.66. The highest BCUT2D eigenvalue weighted by Crippen LogP contribution is 2.38.